The molecule has 0 saturated heterocycles. The minimum absolute atomic E-state index is 0.393. The number of aliphatic imine (C=N–C) groups is 1. The fraction of sp³-hybridized carbons (Fsp3) is 0.278. The van der Waals surface area contributed by atoms with Crippen LogP contribution in [0.2, 0.25) is 0 Å². The van der Waals surface area contributed by atoms with Crippen LogP contribution in [0, 0.1) is 6.92 Å². The summed E-state index contributed by atoms with van der Waals surface area (Å²) >= 11 is 0. The SMILES string of the molecule is Cc1cccnc1CCCNC(=NCc1ccccc1)NC(N)=O. The van der Waals surface area contributed by atoms with Gasteiger partial charge in [0.05, 0.1) is 6.54 Å². The highest BCUT2D eigenvalue weighted by Gasteiger charge is 2.03. The maximum Gasteiger partial charge on any atom is 0.318 e. The number of benzene rings is 1. The smallest absolute Gasteiger partial charge is 0.318 e. The molecule has 0 bridgehead atoms. The van der Waals surface area contributed by atoms with Gasteiger partial charge in [0, 0.05) is 18.4 Å². The van der Waals surface area contributed by atoms with Crippen LogP contribution in [0.5, 0.6) is 0 Å². The minimum atomic E-state index is -0.630. The number of carbonyl (C=O) groups is 1. The maximum atomic E-state index is 11.1. The fourth-order valence-electron chi connectivity index (χ4n) is 2.25. The van der Waals surface area contributed by atoms with Crippen molar-refractivity contribution in [2.24, 2.45) is 10.7 Å². The van der Waals surface area contributed by atoms with Crippen LogP contribution in [0.4, 0.5) is 4.79 Å². The van der Waals surface area contributed by atoms with Gasteiger partial charge in [-0.15, -0.1) is 0 Å². The summed E-state index contributed by atoms with van der Waals surface area (Å²) in [6, 6.07) is 13.2. The van der Waals surface area contributed by atoms with Crippen molar-refractivity contribution in [2.45, 2.75) is 26.3 Å². The average molecular weight is 325 g/mol. The molecule has 1 aromatic heterocycles. The minimum Gasteiger partial charge on any atom is -0.356 e. The number of aromatic nitrogens is 1. The molecule has 0 saturated carbocycles. The first-order valence-corrected chi connectivity index (χ1v) is 7.94. The van der Waals surface area contributed by atoms with Crippen LogP contribution in [-0.4, -0.2) is 23.5 Å². The van der Waals surface area contributed by atoms with Crippen molar-refractivity contribution in [1.82, 2.24) is 15.6 Å². The molecule has 2 amide bonds. The predicted molar refractivity (Wildman–Crippen MR) is 95.6 cm³/mol. The van der Waals surface area contributed by atoms with E-state index in [4.69, 9.17) is 5.73 Å². The Morgan fingerprint density at radius 2 is 2.00 bits per heavy atom. The number of aryl methyl sites for hydroxylation is 2. The number of pyridine rings is 1. The Balaban J connectivity index is 1.84. The Hall–Kier alpha value is -2.89. The number of guanidine groups is 1. The zero-order valence-electron chi connectivity index (χ0n) is 13.8. The largest absolute Gasteiger partial charge is 0.356 e. The van der Waals surface area contributed by atoms with E-state index in [1.807, 2.05) is 36.4 Å². The molecule has 1 heterocycles. The van der Waals surface area contributed by atoms with Crippen LogP contribution in [0.25, 0.3) is 0 Å². The Morgan fingerprint density at radius 3 is 2.71 bits per heavy atom. The molecular formula is C18H23N5O. The number of hydrogen-bond acceptors (Lipinski definition) is 3. The Kier molecular flexibility index (Phi) is 6.76. The van der Waals surface area contributed by atoms with E-state index in [0.717, 1.165) is 24.1 Å². The van der Waals surface area contributed by atoms with Crippen molar-refractivity contribution in [3.63, 3.8) is 0 Å². The van der Waals surface area contributed by atoms with E-state index in [0.29, 0.717) is 19.0 Å². The molecule has 6 nitrogen and oxygen atoms in total. The Bertz CT molecular complexity index is 685. The van der Waals surface area contributed by atoms with Gasteiger partial charge in [0.2, 0.25) is 0 Å². The predicted octanol–water partition coefficient (Wildman–Crippen LogP) is 2.14. The zero-order valence-corrected chi connectivity index (χ0v) is 13.8. The number of nitrogens with one attached hydrogen (secondary N) is 2. The lowest BCUT2D eigenvalue weighted by Crippen LogP contribution is -2.44. The number of carbonyl (C=O) groups excluding carboxylic acids is 1. The first-order valence-electron chi connectivity index (χ1n) is 7.94. The zero-order chi connectivity index (χ0) is 17.2. The Morgan fingerprint density at radius 1 is 1.21 bits per heavy atom. The molecule has 0 unspecified atom stereocenters. The molecule has 0 aliphatic carbocycles. The second kappa shape index (κ2) is 9.29. The topological polar surface area (TPSA) is 92.4 Å². The second-order valence-electron chi connectivity index (χ2n) is 5.44. The van der Waals surface area contributed by atoms with E-state index in [9.17, 15) is 4.79 Å². The summed E-state index contributed by atoms with van der Waals surface area (Å²) in [7, 11) is 0. The molecule has 0 aliphatic heterocycles. The average Bonchev–Trinajstić information content (AvgIpc) is 2.58. The highest BCUT2D eigenvalue weighted by atomic mass is 16.2. The van der Waals surface area contributed by atoms with E-state index < -0.39 is 6.03 Å². The van der Waals surface area contributed by atoms with E-state index in [1.165, 1.54) is 5.56 Å². The van der Waals surface area contributed by atoms with Crippen LogP contribution in [0.3, 0.4) is 0 Å². The van der Waals surface area contributed by atoms with E-state index in [2.05, 4.69) is 33.6 Å². The number of amides is 2. The van der Waals surface area contributed by atoms with Crippen LogP contribution in [0.15, 0.2) is 53.7 Å². The molecule has 2 aromatic rings. The van der Waals surface area contributed by atoms with Crippen LogP contribution >= 0.6 is 0 Å². The lowest BCUT2D eigenvalue weighted by molar-refractivity contribution is 0.253. The summed E-state index contributed by atoms with van der Waals surface area (Å²) in [5, 5.41) is 5.64. The number of nitrogens with two attached hydrogens (primary N) is 1. The first-order chi connectivity index (χ1) is 11.6. The molecule has 1 aromatic carbocycles. The molecule has 6 heteroatoms. The number of primary amides is 1. The van der Waals surface area contributed by atoms with Gasteiger partial charge in [-0.05, 0) is 37.0 Å². The van der Waals surface area contributed by atoms with Gasteiger partial charge >= 0.3 is 6.03 Å². The summed E-state index contributed by atoms with van der Waals surface area (Å²) in [6.07, 6.45) is 3.54. The normalized spacial score (nSPS) is 11.1. The van der Waals surface area contributed by atoms with E-state index >= 15 is 0 Å². The van der Waals surface area contributed by atoms with Crippen LogP contribution in [-0.2, 0) is 13.0 Å². The van der Waals surface area contributed by atoms with Gasteiger partial charge in [-0.25, -0.2) is 9.79 Å². The summed E-state index contributed by atoms with van der Waals surface area (Å²) in [6.45, 7) is 3.20. The standard InChI is InChI=1S/C18H23N5O/c1-14-7-5-11-20-16(14)10-6-12-21-18(23-17(19)24)22-13-15-8-3-2-4-9-15/h2-5,7-9,11H,6,10,12-13H2,1H3,(H4,19,21,22,23,24). The lowest BCUT2D eigenvalue weighted by atomic mass is 10.1. The first kappa shape index (κ1) is 17.5. The highest BCUT2D eigenvalue weighted by molar-refractivity contribution is 5.95. The van der Waals surface area contributed by atoms with E-state index in [-0.39, 0.29) is 0 Å². The summed E-state index contributed by atoms with van der Waals surface area (Å²) in [5.74, 6) is 0.393. The third-order valence-electron chi connectivity index (χ3n) is 3.50. The summed E-state index contributed by atoms with van der Waals surface area (Å²) in [5.41, 5.74) is 8.53. The van der Waals surface area contributed by atoms with E-state index in [1.54, 1.807) is 6.20 Å². The molecule has 24 heavy (non-hydrogen) atoms. The van der Waals surface area contributed by atoms with Crippen molar-refractivity contribution in [3.05, 3.63) is 65.5 Å². The molecule has 0 radical (unpaired) electrons. The highest BCUT2D eigenvalue weighted by Crippen LogP contribution is 2.05. The number of hydrogen-bond donors (Lipinski definition) is 3. The van der Waals surface area contributed by atoms with Crippen molar-refractivity contribution in [3.8, 4) is 0 Å². The second-order valence-corrected chi connectivity index (χ2v) is 5.44. The van der Waals surface area contributed by atoms with Gasteiger partial charge < -0.3 is 11.1 Å². The molecule has 0 spiro atoms. The summed E-state index contributed by atoms with van der Waals surface area (Å²) < 4.78 is 0. The molecular weight excluding hydrogens is 302 g/mol. The van der Waals surface area contributed by atoms with Crippen LogP contribution < -0.4 is 16.4 Å². The monoisotopic (exact) mass is 325 g/mol. The van der Waals surface area contributed by atoms with Crippen molar-refractivity contribution < 1.29 is 4.79 Å². The van der Waals surface area contributed by atoms with Crippen molar-refractivity contribution in [1.29, 1.82) is 0 Å². The number of rotatable bonds is 6. The molecule has 4 N–H and O–H groups in total. The van der Waals surface area contributed by atoms with Crippen LogP contribution in [0.1, 0.15) is 23.2 Å². The van der Waals surface area contributed by atoms with Gasteiger partial charge in [0.15, 0.2) is 5.96 Å². The van der Waals surface area contributed by atoms with Gasteiger partial charge in [-0.3, -0.25) is 10.3 Å². The van der Waals surface area contributed by atoms with Crippen molar-refractivity contribution >= 4 is 12.0 Å². The summed E-state index contributed by atoms with van der Waals surface area (Å²) in [4.78, 5) is 19.8. The number of nitrogens with zero attached hydrogens (tertiary/aromatic N) is 2. The molecule has 0 aliphatic rings. The Labute approximate surface area is 142 Å². The van der Waals surface area contributed by atoms with Gasteiger partial charge in [0.25, 0.3) is 0 Å². The quantitative estimate of drug-likeness (QED) is 0.431. The van der Waals surface area contributed by atoms with Gasteiger partial charge in [-0.2, -0.15) is 0 Å². The third kappa shape index (κ3) is 6.08. The lowest BCUT2D eigenvalue weighted by Gasteiger charge is -2.10. The maximum absolute atomic E-state index is 11.1. The van der Waals surface area contributed by atoms with Crippen molar-refractivity contribution in [2.75, 3.05) is 6.54 Å². The van der Waals surface area contributed by atoms with Gasteiger partial charge in [-0.1, -0.05) is 36.4 Å². The fourth-order valence-corrected chi connectivity index (χ4v) is 2.25. The molecule has 2 rings (SSSR count). The molecule has 0 atom stereocenters. The molecule has 126 valence electrons. The van der Waals surface area contributed by atoms with Gasteiger partial charge in [0.1, 0.15) is 0 Å². The third-order valence-corrected chi connectivity index (χ3v) is 3.50. The molecule has 0 fully saturated rings. The number of urea groups is 1.